The van der Waals surface area contributed by atoms with Crippen LogP contribution in [0.25, 0.3) is 5.69 Å². The minimum Gasteiger partial charge on any atom is -0.481 e. The molecule has 94 valence electrons. The molecule has 2 aromatic rings. The summed E-state index contributed by atoms with van der Waals surface area (Å²) >= 11 is 0. The van der Waals surface area contributed by atoms with E-state index in [9.17, 15) is 4.79 Å². The van der Waals surface area contributed by atoms with Gasteiger partial charge >= 0.3 is 5.97 Å². The van der Waals surface area contributed by atoms with Crippen molar-refractivity contribution in [2.24, 2.45) is 5.73 Å². The average molecular weight is 246 g/mol. The lowest BCUT2D eigenvalue weighted by molar-refractivity contribution is -0.137. The van der Waals surface area contributed by atoms with Crippen LogP contribution in [0, 0.1) is 0 Å². The number of para-hydroxylation sites is 1. The summed E-state index contributed by atoms with van der Waals surface area (Å²) in [5.74, 6) is -0.847. The molecule has 0 amide bonds. The third kappa shape index (κ3) is 2.72. The van der Waals surface area contributed by atoms with Crippen LogP contribution in [0.3, 0.4) is 0 Å². The van der Waals surface area contributed by atoms with E-state index >= 15 is 0 Å². The van der Waals surface area contributed by atoms with Crippen LogP contribution < -0.4 is 5.73 Å². The second kappa shape index (κ2) is 5.42. The van der Waals surface area contributed by atoms with Gasteiger partial charge in [-0.2, -0.15) is 15.0 Å². The molecule has 0 aliphatic heterocycles. The zero-order valence-electron chi connectivity index (χ0n) is 9.73. The Bertz CT molecular complexity index is 525. The number of carboxylic acids is 1. The molecule has 2 rings (SSSR count). The van der Waals surface area contributed by atoms with E-state index < -0.39 is 5.97 Å². The predicted octanol–water partition coefficient (Wildman–Crippen LogP) is 1.13. The fourth-order valence-corrected chi connectivity index (χ4v) is 1.76. The van der Waals surface area contributed by atoms with Crippen LogP contribution in [0.15, 0.2) is 36.7 Å². The van der Waals surface area contributed by atoms with Crippen molar-refractivity contribution >= 4 is 5.97 Å². The highest BCUT2D eigenvalue weighted by Crippen LogP contribution is 2.22. The maximum Gasteiger partial charge on any atom is 0.303 e. The number of nitrogens with zero attached hydrogens (tertiary/aromatic N) is 3. The van der Waals surface area contributed by atoms with Crippen molar-refractivity contribution in [2.75, 3.05) is 0 Å². The van der Waals surface area contributed by atoms with Gasteiger partial charge in [-0.05, 0) is 18.1 Å². The Morgan fingerprint density at radius 1 is 1.33 bits per heavy atom. The number of carboxylic acid groups (broad SMARTS) is 1. The van der Waals surface area contributed by atoms with E-state index in [1.54, 1.807) is 12.4 Å². The third-order valence-electron chi connectivity index (χ3n) is 2.64. The second-order valence-corrected chi connectivity index (χ2v) is 3.92. The van der Waals surface area contributed by atoms with E-state index in [0.29, 0.717) is 6.42 Å². The summed E-state index contributed by atoms with van der Waals surface area (Å²) in [7, 11) is 0. The summed E-state index contributed by atoms with van der Waals surface area (Å²) in [6.45, 7) is 0. The molecule has 1 atom stereocenters. The fraction of sp³-hybridized carbons (Fsp3) is 0.250. The van der Waals surface area contributed by atoms with Gasteiger partial charge in [0.15, 0.2) is 0 Å². The lowest BCUT2D eigenvalue weighted by Gasteiger charge is -2.14. The molecule has 1 aromatic heterocycles. The summed E-state index contributed by atoms with van der Waals surface area (Å²) in [6, 6.07) is 7.11. The molecule has 0 fully saturated rings. The monoisotopic (exact) mass is 246 g/mol. The van der Waals surface area contributed by atoms with Gasteiger partial charge in [-0.3, -0.25) is 4.79 Å². The summed E-state index contributed by atoms with van der Waals surface area (Å²) in [5.41, 5.74) is 7.64. The van der Waals surface area contributed by atoms with Crippen LogP contribution in [0.4, 0.5) is 0 Å². The number of rotatable bonds is 5. The molecule has 1 unspecified atom stereocenters. The highest BCUT2D eigenvalue weighted by molar-refractivity contribution is 5.66. The Labute approximate surface area is 104 Å². The van der Waals surface area contributed by atoms with Crippen molar-refractivity contribution in [2.45, 2.75) is 18.9 Å². The number of aromatic nitrogens is 3. The van der Waals surface area contributed by atoms with E-state index in [1.165, 1.54) is 4.80 Å². The van der Waals surface area contributed by atoms with Crippen molar-refractivity contribution in [3.63, 3.8) is 0 Å². The van der Waals surface area contributed by atoms with Gasteiger partial charge in [0.05, 0.1) is 18.1 Å². The minimum absolute atomic E-state index is 0.0437. The number of benzene rings is 1. The fourth-order valence-electron chi connectivity index (χ4n) is 1.76. The zero-order chi connectivity index (χ0) is 13.0. The standard InChI is InChI=1S/C12H14N4O2/c13-10(5-6-12(17)18)9-3-1-2-4-11(9)16-14-7-8-15-16/h1-4,7-8,10H,5-6,13H2,(H,17,18). The first-order chi connectivity index (χ1) is 8.68. The summed E-state index contributed by atoms with van der Waals surface area (Å²) in [4.78, 5) is 12.0. The third-order valence-corrected chi connectivity index (χ3v) is 2.64. The largest absolute Gasteiger partial charge is 0.481 e. The molecule has 18 heavy (non-hydrogen) atoms. The van der Waals surface area contributed by atoms with Gasteiger partial charge in [-0.25, -0.2) is 0 Å². The molecule has 0 bridgehead atoms. The molecule has 3 N–H and O–H groups in total. The van der Waals surface area contributed by atoms with E-state index in [0.717, 1.165) is 11.3 Å². The van der Waals surface area contributed by atoms with Crippen LogP contribution in [0.2, 0.25) is 0 Å². The zero-order valence-corrected chi connectivity index (χ0v) is 9.73. The Morgan fingerprint density at radius 2 is 2.00 bits per heavy atom. The first kappa shape index (κ1) is 12.3. The maximum atomic E-state index is 10.6. The van der Waals surface area contributed by atoms with Crippen LogP contribution in [-0.2, 0) is 4.79 Å². The SMILES string of the molecule is NC(CCC(=O)O)c1ccccc1-n1nccn1. The number of hydrogen-bond donors (Lipinski definition) is 2. The lowest BCUT2D eigenvalue weighted by Crippen LogP contribution is -2.15. The molecule has 1 heterocycles. The number of hydrogen-bond acceptors (Lipinski definition) is 4. The van der Waals surface area contributed by atoms with Crippen molar-refractivity contribution in [1.29, 1.82) is 0 Å². The van der Waals surface area contributed by atoms with Crippen LogP contribution in [-0.4, -0.2) is 26.1 Å². The molecular weight excluding hydrogens is 232 g/mol. The predicted molar refractivity (Wildman–Crippen MR) is 65.2 cm³/mol. The first-order valence-electron chi connectivity index (χ1n) is 5.61. The summed E-state index contributed by atoms with van der Waals surface area (Å²) in [6.07, 6.45) is 3.59. The van der Waals surface area contributed by atoms with Gasteiger partial charge in [0.2, 0.25) is 0 Å². The van der Waals surface area contributed by atoms with Crippen molar-refractivity contribution in [3.05, 3.63) is 42.2 Å². The molecular formula is C12H14N4O2. The minimum atomic E-state index is -0.847. The van der Waals surface area contributed by atoms with E-state index in [4.69, 9.17) is 10.8 Å². The topological polar surface area (TPSA) is 94.0 Å². The summed E-state index contributed by atoms with van der Waals surface area (Å²) < 4.78 is 0. The van der Waals surface area contributed by atoms with Crippen LogP contribution in [0.1, 0.15) is 24.4 Å². The lowest BCUT2D eigenvalue weighted by atomic mass is 10.0. The number of aliphatic carboxylic acids is 1. The molecule has 0 spiro atoms. The first-order valence-corrected chi connectivity index (χ1v) is 5.61. The quantitative estimate of drug-likeness (QED) is 0.824. The van der Waals surface area contributed by atoms with Crippen molar-refractivity contribution in [3.8, 4) is 5.69 Å². The second-order valence-electron chi connectivity index (χ2n) is 3.92. The smallest absolute Gasteiger partial charge is 0.303 e. The van der Waals surface area contributed by atoms with Crippen molar-refractivity contribution < 1.29 is 9.90 Å². The van der Waals surface area contributed by atoms with Gasteiger partial charge in [0.25, 0.3) is 0 Å². The molecule has 0 saturated carbocycles. The van der Waals surface area contributed by atoms with Crippen LogP contribution >= 0.6 is 0 Å². The Morgan fingerprint density at radius 3 is 2.67 bits per heavy atom. The van der Waals surface area contributed by atoms with Gasteiger partial charge in [-0.1, -0.05) is 18.2 Å². The number of nitrogens with two attached hydrogens (primary N) is 1. The summed E-state index contributed by atoms with van der Waals surface area (Å²) in [5, 5.41) is 16.8. The average Bonchev–Trinajstić information content (AvgIpc) is 2.89. The van der Waals surface area contributed by atoms with Gasteiger partial charge < -0.3 is 10.8 Å². The van der Waals surface area contributed by atoms with E-state index in [-0.39, 0.29) is 12.5 Å². The molecule has 0 aliphatic rings. The van der Waals surface area contributed by atoms with Crippen molar-refractivity contribution in [1.82, 2.24) is 15.0 Å². The van der Waals surface area contributed by atoms with E-state index in [2.05, 4.69) is 10.2 Å². The maximum absolute atomic E-state index is 10.6. The highest BCUT2D eigenvalue weighted by Gasteiger charge is 2.14. The highest BCUT2D eigenvalue weighted by atomic mass is 16.4. The molecule has 6 nitrogen and oxygen atoms in total. The molecule has 6 heteroatoms. The number of carbonyl (C=O) groups is 1. The van der Waals surface area contributed by atoms with Gasteiger partial charge in [0, 0.05) is 12.5 Å². The Hall–Kier alpha value is -2.21. The van der Waals surface area contributed by atoms with Crippen LogP contribution in [0.5, 0.6) is 0 Å². The Kier molecular flexibility index (Phi) is 3.69. The molecule has 0 aliphatic carbocycles. The molecule has 1 aromatic carbocycles. The van der Waals surface area contributed by atoms with Gasteiger partial charge in [0.1, 0.15) is 0 Å². The Balaban J connectivity index is 2.25. The van der Waals surface area contributed by atoms with Gasteiger partial charge in [-0.15, -0.1) is 0 Å². The molecule has 0 saturated heterocycles. The van der Waals surface area contributed by atoms with E-state index in [1.807, 2.05) is 24.3 Å². The molecule has 0 radical (unpaired) electrons. The normalized spacial score (nSPS) is 12.3.